The van der Waals surface area contributed by atoms with Crippen molar-refractivity contribution < 1.29 is 9.15 Å². The molecule has 0 unspecified atom stereocenters. The molecular formula is C15H20ClNO2. The molecule has 0 saturated heterocycles. The van der Waals surface area contributed by atoms with Gasteiger partial charge in [0.1, 0.15) is 11.5 Å². The molecule has 0 aliphatic heterocycles. The average Bonchev–Trinajstić information content (AvgIpc) is 2.91. The number of nitrogens with one attached hydrogen (secondary N) is 1. The zero-order chi connectivity index (χ0) is 12.6. The molecule has 3 nitrogen and oxygen atoms in total. The molecule has 0 aliphatic carbocycles. The van der Waals surface area contributed by atoms with Crippen LogP contribution in [-0.4, -0.2) is 6.61 Å². The first-order valence-corrected chi connectivity index (χ1v) is 6.33. The minimum absolute atomic E-state index is 0. The fourth-order valence-electron chi connectivity index (χ4n) is 1.67. The van der Waals surface area contributed by atoms with E-state index in [1.807, 2.05) is 24.3 Å². The Kier molecular flexibility index (Phi) is 7.08. The van der Waals surface area contributed by atoms with Gasteiger partial charge >= 0.3 is 0 Å². The Bertz CT molecular complexity index is 440. The van der Waals surface area contributed by atoms with Crippen molar-refractivity contribution in [2.45, 2.75) is 26.4 Å². The molecule has 1 heterocycles. The Labute approximate surface area is 120 Å². The van der Waals surface area contributed by atoms with Gasteiger partial charge in [0.05, 0.1) is 19.4 Å². The van der Waals surface area contributed by atoms with Crippen molar-refractivity contribution in [1.29, 1.82) is 0 Å². The first kappa shape index (κ1) is 15.6. The Hall–Kier alpha value is -1.45. The van der Waals surface area contributed by atoms with E-state index in [4.69, 9.17) is 9.15 Å². The fraction of sp³-hybridized carbons (Fsp3) is 0.333. The van der Waals surface area contributed by atoms with Crippen LogP contribution in [0.2, 0.25) is 0 Å². The van der Waals surface area contributed by atoms with Crippen molar-refractivity contribution in [3.8, 4) is 5.75 Å². The van der Waals surface area contributed by atoms with Crippen LogP contribution in [0.5, 0.6) is 5.75 Å². The Morgan fingerprint density at radius 1 is 1.11 bits per heavy atom. The highest BCUT2D eigenvalue weighted by molar-refractivity contribution is 5.85. The van der Waals surface area contributed by atoms with Gasteiger partial charge in [0.15, 0.2) is 0 Å². The van der Waals surface area contributed by atoms with Gasteiger partial charge in [-0.3, -0.25) is 0 Å². The summed E-state index contributed by atoms with van der Waals surface area (Å²) in [5, 5.41) is 3.33. The van der Waals surface area contributed by atoms with E-state index in [2.05, 4.69) is 24.4 Å². The molecule has 104 valence electrons. The second-order valence-corrected chi connectivity index (χ2v) is 4.18. The molecular weight excluding hydrogens is 262 g/mol. The molecule has 0 fully saturated rings. The highest BCUT2D eigenvalue weighted by Crippen LogP contribution is 2.12. The van der Waals surface area contributed by atoms with Crippen LogP contribution >= 0.6 is 12.4 Å². The molecule has 0 atom stereocenters. The predicted molar refractivity (Wildman–Crippen MR) is 78.7 cm³/mol. The van der Waals surface area contributed by atoms with E-state index >= 15 is 0 Å². The van der Waals surface area contributed by atoms with Gasteiger partial charge in [-0.25, -0.2) is 0 Å². The number of ether oxygens (including phenoxy) is 1. The first-order valence-electron chi connectivity index (χ1n) is 6.33. The number of hydrogen-bond acceptors (Lipinski definition) is 3. The molecule has 2 aromatic rings. The van der Waals surface area contributed by atoms with E-state index in [0.717, 1.165) is 37.6 Å². The average molecular weight is 282 g/mol. The van der Waals surface area contributed by atoms with Crippen LogP contribution in [0.25, 0.3) is 0 Å². The van der Waals surface area contributed by atoms with E-state index in [1.54, 1.807) is 6.26 Å². The molecule has 1 aromatic carbocycles. The summed E-state index contributed by atoms with van der Waals surface area (Å²) >= 11 is 0. The lowest BCUT2D eigenvalue weighted by Gasteiger charge is -2.06. The van der Waals surface area contributed by atoms with E-state index in [-0.39, 0.29) is 12.4 Å². The van der Waals surface area contributed by atoms with Gasteiger partial charge in [-0.2, -0.15) is 0 Å². The lowest BCUT2D eigenvalue weighted by molar-refractivity contribution is 0.317. The number of halogens is 1. The molecule has 1 aromatic heterocycles. The van der Waals surface area contributed by atoms with Crippen LogP contribution in [0.15, 0.2) is 47.1 Å². The van der Waals surface area contributed by atoms with E-state index in [0.29, 0.717) is 0 Å². The van der Waals surface area contributed by atoms with Crippen LogP contribution in [-0.2, 0) is 13.1 Å². The maximum absolute atomic E-state index is 5.54. The quantitative estimate of drug-likeness (QED) is 0.839. The van der Waals surface area contributed by atoms with Gasteiger partial charge < -0.3 is 14.5 Å². The van der Waals surface area contributed by atoms with Crippen molar-refractivity contribution in [2.75, 3.05) is 6.61 Å². The molecule has 0 saturated carbocycles. The Morgan fingerprint density at radius 3 is 2.53 bits per heavy atom. The zero-order valence-electron chi connectivity index (χ0n) is 11.1. The smallest absolute Gasteiger partial charge is 0.119 e. The second-order valence-electron chi connectivity index (χ2n) is 4.18. The van der Waals surface area contributed by atoms with Crippen molar-refractivity contribution in [1.82, 2.24) is 5.32 Å². The predicted octanol–water partition coefficient (Wildman–Crippen LogP) is 3.78. The zero-order valence-corrected chi connectivity index (χ0v) is 11.9. The summed E-state index contributed by atoms with van der Waals surface area (Å²) in [5.74, 6) is 1.89. The van der Waals surface area contributed by atoms with E-state index < -0.39 is 0 Å². The summed E-state index contributed by atoms with van der Waals surface area (Å²) in [6, 6.07) is 12.1. The van der Waals surface area contributed by atoms with Crippen LogP contribution in [0.4, 0.5) is 0 Å². The van der Waals surface area contributed by atoms with Crippen LogP contribution in [0, 0.1) is 0 Å². The maximum Gasteiger partial charge on any atom is 0.119 e. The Morgan fingerprint density at radius 2 is 1.89 bits per heavy atom. The van der Waals surface area contributed by atoms with Gasteiger partial charge in [-0.15, -0.1) is 12.4 Å². The standard InChI is InChI=1S/C15H19NO2.ClH/c1-2-9-17-14-7-5-13(6-8-14)11-16-12-15-4-3-10-18-15;/h3-8,10,16H,2,9,11-12H2,1H3;1H. The van der Waals surface area contributed by atoms with Gasteiger partial charge in [-0.05, 0) is 36.2 Å². The first-order chi connectivity index (χ1) is 8.88. The molecule has 0 spiro atoms. The second kappa shape index (κ2) is 8.62. The fourth-order valence-corrected chi connectivity index (χ4v) is 1.67. The summed E-state index contributed by atoms with van der Waals surface area (Å²) in [6.45, 7) is 4.46. The van der Waals surface area contributed by atoms with Gasteiger partial charge in [0.25, 0.3) is 0 Å². The molecule has 0 amide bonds. The SMILES string of the molecule is CCCOc1ccc(CNCc2ccco2)cc1.Cl. The molecule has 2 rings (SSSR count). The molecule has 0 aliphatic rings. The lowest BCUT2D eigenvalue weighted by Crippen LogP contribution is -2.11. The number of rotatable bonds is 7. The summed E-state index contributed by atoms with van der Waals surface area (Å²) in [5.41, 5.74) is 1.24. The monoisotopic (exact) mass is 281 g/mol. The Balaban J connectivity index is 0.00000180. The van der Waals surface area contributed by atoms with Crippen molar-refractivity contribution >= 4 is 12.4 Å². The molecule has 0 bridgehead atoms. The van der Waals surface area contributed by atoms with Crippen LogP contribution < -0.4 is 10.1 Å². The third-order valence-corrected chi connectivity index (χ3v) is 2.60. The highest BCUT2D eigenvalue weighted by Gasteiger charge is 1.97. The van der Waals surface area contributed by atoms with Crippen LogP contribution in [0.3, 0.4) is 0 Å². The van der Waals surface area contributed by atoms with Gasteiger partial charge in [0.2, 0.25) is 0 Å². The van der Waals surface area contributed by atoms with Crippen molar-refractivity contribution in [3.05, 3.63) is 54.0 Å². The minimum Gasteiger partial charge on any atom is -0.494 e. The summed E-state index contributed by atoms with van der Waals surface area (Å²) in [4.78, 5) is 0. The molecule has 4 heteroatoms. The third kappa shape index (κ3) is 5.37. The van der Waals surface area contributed by atoms with Crippen LogP contribution in [0.1, 0.15) is 24.7 Å². The largest absolute Gasteiger partial charge is 0.494 e. The molecule has 1 N–H and O–H groups in total. The molecule has 0 radical (unpaired) electrons. The summed E-state index contributed by atoms with van der Waals surface area (Å²) in [7, 11) is 0. The number of hydrogen-bond donors (Lipinski definition) is 1. The third-order valence-electron chi connectivity index (χ3n) is 2.60. The summed E-state index contributed by atoms with van der Waals surface area (Å²) in [6.07, 6.45) is 2.73. The lowest BCUT2D eigenvalue weighted by atomic mass is 10.2. The van der Waals surface area contributed by atoms with Crippen molar-refractivity contribution in [3.63, 3.8) is 0 Å². The van der Waals surface area contributed by atoms with Gasteiger partial charge in [-0.1, -0.05) is 19.1 Å². The maximum atomic E-state index is 5.54. The summed E-state index contributed by atoms with van der Waals surface area (Å²) < 4.78 is 10.8. The number of benzene rings is 1. The van der Waals surface area contributed by atoms with E-state index in [1.165, 1.54) is 5.56 Å². The molecule has 19 heavy (non-hydrogen) atoms. The van der Waals surface area contributed by atoms with Gasteiger partial charge in [0, 0.05) is 6.54 Å². The minimum atomic E-state index is 0. The topological polar surface area (TPSA) is 34.4 Å². The highest BCUT2D eigenvalue weighted by atomic mass is 35.5. The van der Waals surface area contributed by atoms with Crippen molar-refractivity contribution in [2.24, 2.45) is 0 Å². The van der Waals surface area contributed by atoms with E-state index in [9.17, 15) is 0 Å². The normalized spacial score (nSPS) is 9.95. The number of furan rings is 1.